The first kappa shape index (κ1) is 23.1. The molecule has 0 saturated carbocycles. The van der Waals surface area contributed by atoms with Gasteiger partial charge in [0, 0.05) is 13.1 Å². The van der Waals surface area contributed by atoms with Crippen molar-refractivity contribution in [2.24, 2.45) is 0 Å². The lowest BCUT2D eigenvalue weighted by atomic mass is 10.0. The van der Waals surface area contributed by atoms with Crippen molar-refractivity contribution in [3.63, 3.8) is 0 Å². The van der Waals surface area contributed by atoms with E-state index in [0.717, 1.165) is 5.56 Å². The Morgan fingerprint density at radius 3 is 2.31 bits per heavy atom. The number of hydrogen-bond donors (Lipinski definition) is 1. The van der Waals surface area contributed by atoms with Gasteiger partial charge in [0.15, 0.2) is 0 Å². The van der Waals surface area contributed by atoms with Crippen LogP contribution in [0.15, 0.2) is 23.1 Å². The number of nitrogens with zero attached hydrogens (tertiary/aromatic N) is 3. The van der Waals surface area contributed by atoms with Crippen LogP contribution in [0.5, 0.6) is 0 Å². The fourth-order valence-corrected chi connectivity index (χ4v) is 5.27. The molecule has 2 rings (SSSR count). The van der Waals surface area contributed by atoms with Crippen LogP contribution in [0.2, 0.25) is 0 Å². The van der Waals surface area contributed by atoms with E-state index in [0.29, 0.717) is 24.5 Å². The van der Waals surface area contributed by atoms with E-state index in [1.807, 2.05) is 26.0 Å². The largest absolute Gasteiger partial charge is 0.348 e. The van der Waals surface area contributed by atoms with Crippen LogP contribution in [0.4, 0.5) is 0 Å². The van der Waals surface area contributed by atoms with Crippen molar-refractivity contribution < 1.29 is 13.2 Å². The molecule has 8 heteroatoms. The van der Waals surface area contributed by atoms with Crippen LogP contribution < -0.4 is 5.32 Å². The highest BCUT2D eigenvalue weighted by molar-refractivity contribution is 7.89. The van der Waals surface area contributed by atoms with E-state index in [-0.39, 0.29) is 23.4 Å². The van der Waals surface area contributed by atoms with Crippen molar-refractivity contribution in [1.82, 2.24) is 19.4 Å². The number of carbonyl (C=O) groups excluding carboxylic acids is 1. The summed E-state index contributed by atoms with van der Waals surface area (Å²) < 4.78 is 28.7. The predicted octanol–water partition coefficient (Wildman–Crippen LogP) is 3.02. The maximum absolute atomic E-state index is 12.9. The van der Waals surface area contributed by atoms with Gasteiger partial charge >= 0.3 is 0 Å². The maximum Gasteiger partial charge on any atom is 0.246 e. The Labute approximate surface area is 174 Å². The van der Waals surface area contributed by atoms with E-state index in [4.69, 9.17) is 0 Å². The van der Waals surface area contributed by atoms with Gasteiger partial charge in [0.25, 0.3) is 0 Å². The van der Waals surface area contributed by atoms with Crippen LogP contribution in [-0.4, -0.2) is 41.5 Å². The number of amides is 1. The monoisotopic (exact) mass is 420 g/mol. The molecule has 0 saturated heterocycles. The summed E-state index contributed by atoms with van der Waals surface area (Å²) in [6, 6.07) is 5.96. The Morgan fingerprint density at radius 1 is 1.14 bits per heavy atom. The van der Waals surface area contributed by atoms with E-state index in [1.165, 1.54) is 20.1 Å². The average molecular weight is 421 g/mol. The third-order valence-corrected chi connectivity index (χ3v) is 7.62. The van der Waals surface area contributed by atoms with Gasteiger partial charge in [0.1, 0.15) is 11.4 Å². The first-order chi connectivity index (χ1) is 13.5. The number of sulfonamides is 1. The van der Waals surface area contributed by atoms with E-state index in [2.05, 4.69) is 23.4 Å². The highest BCUT2D eigenvalue weighted by Crippen LogP contribution is 2.23. The molecule has 2 aromatic rings. The molecule has 0 aliphatic heterocycles. The van der Waals surface area contributed by atoms with Gasteiger partial charge in [0.05, 0.1) is 17.4 Å². The van der Waals surface area contributed by atoms with Gasteiger partial charge in [-0.05, 0) is 51.3 Å². The van der Waals surface area contributed by atoms with Crippen molar-refractivity contribution in [3.05, 3.63) is 46.3 Å². The summed E-state index contributed by atoms with van der Waals surface area (Å²) in [7, 11) is -3.63. The minimum Gasteiger partial charge on any atom is -0.348 e. The van der Waals surface area contributed by atoms with Crippen molar-refractivity contribution >= 4 is 15.9 Å². The molecule has 0 spiro atoms. The molecule has 29 heavy (non-hydrogen) atoms. The van der Waals surface area contributed by atoms with Gasteiger partial charge in [-0.25, -0.2) is 8.42 Å². The molecule has 1 aromatic carbocycles. The first-order valence-corrected chi connectivity index (χ1v) is 11.4. The smallest absolute Gasteiger partial charge is 0.246 e. The molecule has 160 valence electrons. The SMILES string of the molecule is CCN(CC)S(=O)(=O)c1c(C)nn(CC(=O)NC(C)c2ccc(C)c(C)c2)c1C. The lowest BCUT2D eigenvalue weighted by molar-refractivity contribution is -0.122. The fourth-order valence-electron chi connectivity index (χ4n) is 3.44. The molecule has 1 atom stereocenters. The highest BCUT2D eigenvalue weighted by atomic mass is 32.2. The molecule has 0 aliphatic carbocycles. The normalized spacial score (nSPS) is 13.0. The van der Waals surface area contributed by atoms with E-state index < -0.39 is 10.0 Å². The minimum atomic E-state index is -3.63. The lowest BCUT2D eigenvalue weighted by Crippen LogP contribution is -2.32. The summed E-state index contributed by atoms with van der Waals surface area (Å²) >= 11 is 0. The summed E-state index contributed by atoms with van der Waals surface area (Å²) in [6.07, 6.45) is 0. The molecule has 1 N–H and O–H groups in total. The maximum atomic E-state index is 12.9. The number of aryl methyl sites for hydroxylation is 3. The zero-order chi connectivity index (χ0) is 21.9. The molecule has 1 unspecified atom stereocenters. The van der Waals surface area contributed by atoms with Gasteiger partial charge < -0.3 is 5.32 Å². The molecule has 0 aliphatic rings. The van der Waals surface area contributed by atoms with Crippen molar-refractivity contribution in [1.29, 1.82) is 0 Å². The molecule has 0 radical (unpaired) electrons. The second kappa shape index (κ2) is 9.09. The Hall–Kier alpha value is -2.19. The van der Waals surface area contributed by atoms with Crippen LogP contribution in [0.1, 0.15) is 54.9 Å². The van der Waals surface area contributed by atoms with Crippen molar-refractivity contribution in [2.75, 3.05) is 13.1 Å². The van der Waals surface area contributed by atoms with Gasteiger partial charge in [-0.2, -0.15) is 9.40 Å². The summed E-state index contributed by atoms with van der Waals surface area (Å²) in [5.41, 5.74) is 4.29. The van der Waals surface area contributed by atoms with Gasteiger partial charge in [-0.1, -0.05) is 32.0 Å². The zero-order valence-corrected chi connectivity index (χ0v) is 19.2. The summed E-state index contributed by atoms with van der Waals surface area (Å²) in [5.74, 6) is -0.215. The van der Waals surface area contributed by atoms with Gasteiger partial charge in [0.2, 0.25) is 15.9 Å². The van der Waals surface area contributed by atoms with E-state index >= 15 is 0 Å². The molecular weight excluding hydrogens is 388 g/mol. The highest BCUT2D eigenvalue weighted by Gasteiger charge is 2.29. The molecule has 1 aromatic heterocycles. The number of aromatic nitrogens is 2. The minimum absolute atomic E-state index is 0.0321. The predicted molar refractivity (Wildman–Crippen MR) is 114 cm³/mol. The third kappa shape index (κ3) is 4.87. The van der Waals surface area contributed by atoms with Crippen LogP contribution in [0, 0.1) is 27.7 Å². The number of hydrogen-bond acceptors (Lipinski definition) is 4. The molecule has 1 heterocycles. The standard InChI is InChI=1S/C21H32N4O3S/c1-8-24(9-2)29(27,28)21-17(6)23-25(18(21)7)13-20(26)22-16(5)19-11-10-14(3)15(4)12-19/h10-12,16H,8-9,13H2,1-7H3,(H,22,26). The lowest BCUT2D eigenvalue weighted by Gasteiger charge is -2.18. The van der Waals surface area contributed by atoms with E-state index in [1.54, 1.807) is 27.7 Å². The number of rotatable bonds is 8. The Balaban J connectivity index is 2.20. The van der Waals surface area contributed by atoms with Crippen LogP contribution in [-0.2, 0) is 21.4 Å². The Kier molecular flexibility index (Phi) is 7.24. The Bertz CT molecular complexity index is 992. The van der Waals surface area contributed by atoms with Crippen molar-refractivity contribution in [3.8, 4) is 0 Å². The third-order valence-electron chi connectivity index (χ3n) is 5.32. The molecular formula is C21H32N4O3S. The first-order valence-electron chi connectivity index (χ1n) is 9.93. The van der Waals surface area contributed by atoms with Crippen LogP contribution in [0.25, 0.3) is 0 Å². The van der Waals surface area contributed by atoms with Crippen molar-refractivity contribution in [2.45, 2.75) is 65.9 Å². The van der Waals surface area contributed by atoms with Gasteiger partial charge in [-0.3, -0.25) is 9.48 Å². The van der Waals surface area contributed by atoms with Crippen LogP contribution >= 0.6 is 0 Å². The van der Waals surface area contributed by atoms with E-state index in [9.17, 15) is 13.2 Å². The van der Waals surface area contributed by atoms with Crippen LogP contribution in [0.3, 0.4) is 0 Å². The average Bonchev–Trinajstić information content (AvgIpc) is 2.91. The zero-order valence-electron chi connectivity index (χ0n) is 18.4. The number of nitrogens with one attached hydrogen (secondary N) is 1. The number of carbonyl (C=O) groups is 1. The summed E-state index contributed by atoms with van der Waals surface area (Å²) in [4.78, 5) is 12.8. The topological polar surface area (TPSA) is 84.3 Å². The second-order valence-corrected chi connectivity index (χ2v) is 9.25. The molecule has 0 fully saturated rings. The number of benzene rings is 1. The molecule has 7 nitrogen and oxygen atoms in total. The summed E-state index contributed by atoms with van der Waals surface area (Å²) in [5, 5.41) is 7.29. The fraction of sp³-hybridized carbons (Fsp3) is 0.524. The Morgan fingerprint density at radius 2 is 1.76 bits per heavy atom. The molecule has 1 amide bonds. The summed E-state index contributed by atoms with van der Waals surface area (Å²) in [6.45, 7) is 13.7. The molecule has 0 bridgehead atoms. The quantitative estimate of drug-likeness (QED) is 0.711. The second-order valence-electron chi connectivity index (χ2n) is 7.38. The van der Waals surface area contributed by atoms with Gasteiger partial charge in [-0.15, -0.1) is 0 Å².